The smallest absolute Gasteiger partial charge is 0.332 e. The van der Waals surface area contributed by atoms with E-state index in [1.165, 1.54) is 0 Å². The number of anilines is 1. The molecular formula is C17H25NO3. The van der Waals surface area contributed by atoms with E-state index in [1.807, 2.05) is 31.2 Å². The molecule has 1 aliphatic carbocycles. The molecule has 4 nitrogen and oxygen atoms in total. The monoisotopic (exact) mass is 291 g/mol. The Morgan fingerprint density at radius 3 is 2.90 bits per heavy atom. The molecule has 1 N–H and O–H groups in total. The minimum Gasteiger partial charge on any atom is -0.497 e. The van der Waals surface area contributed by atoms with E-state index in [-0.39, 0.29) is 5.97 Å². The molecule has 1 fully saturated rings. The van der Waals surface area contributed by atoms with Crippen molar-refractivity contribution in [1.29, 1.82) is 0 Å². The van der Waals surface area contributed by atoms with E-state index in [2.05, 4.69) is 12.2 Å². The van der Waals surface area contributed by atoms with E-state index in [1.54, 1.807) is 7.11 Å². The molecule has 116 valence electrons. The van der Waals surface area contributed by atoms with Crippen LogP contribution in [0.2, 0.25) is 0 Å². The van der Waals surface area contributed by atoms with Crippen LogP contribution in [-0.2, 0) is 9.53 Å². The molecule has 4 heteroatoms. The standard InChI is InChI=1S/C17H25NO3/c1-4-13-8-7-11-17(13,16(19)21-5-2)18-14-9-6-10-15(12-14)20-3/h6,9-10,12-13,18H,4-5,7-8,11H2,1-3H3. The van der Waals surface area contributed by atoms with E-state index in [0.29, 0.717) is 12.5 Å². The van der Waals surface area contributed by atoms with Crippen molar-refractivity contribution in [3.8, 4) is 5.75 Å². The maximum atomic E-state index is 12.6. The maximum Gasteiger partial charge on any atom is 0.332 e. The molecule has 21 heavy (non-hydrogen) atoms. The van der Waals surface area contributed by atoms with Crippen molar-refractivity contribution in [3.05, 3.63) is 24.3 Å². The van der Waals surface area contributed by atoms with Crippen LogP contribution in [0.5, 0.6) is 5.75 Å². The molecule has 0 aliphatic heterocycles. The van der Waals surface area contributed by atoms with Crippen LogP contribution in [0.15, 0.2) is 24.3 Å². The van der Waals surface area contributed by atoms with Gasteiger partial charge in [0.1, 0.15) is 11.3 Å². The Balaban J connectivity index is 2.29. The number of hydrogen-bond acceptors (Lipinski definition) is 4. The van der Waals surface area contributed by atoms with Crippen LogP contribution < -0.4 is 10.1 Å². The Hall–Kier alpha value is -1.71. The molecule has 0 aromatic heterocycles. The van der Waals surface area contributed by atoms with Gasteiger partial charge in [-0.3, -0.25) is 0 Å². The Morgan fingerprint density at radius 2 is 2.24 bits per heavy atom. The number of carbonyl (C=O) groups excluding carboxylic acids is 1. The molecule has 1 aliphatic rings. The van der Waals surface area contributed by atoms with Crippen LogP contribution in [0.4, 0.5) is 5.69 Å². The molecule has 0 saturated heterocycles. The minimum atomic E-state index is -0.600. The topological polar surface area (TPSA) is 47.6 Å². The van der Waals surface area contributed by atoms with Gasteiger partial charge in [0.15, 0.2) is 0 Å². The summed E-state index contributed by atoms with van der Waals surface area (Å²) in [5.74, 6) is 0.963. The predicted molar refractivity (Wildman–Crippen MR) is 83.6 cm³/mol. The number of rotatable bonds is 6. The van der Waals surface area contributed by atoms with E-state index in [0.717, 1.165) is 37.1 Å². The van der Waals surface area contributed by atoms with Gasteiger partial charge in [-0.2, -0.15) is 0 Å². The first-order valence-corrected chi connectivity index (χ1v) is 7.75. The second kappa shape index (κ2) is 6.83. The first-order chi connectivity index (χ1) is 10.2. The highest BCUT2D eigenvalue weighted by Gasteiger charge is 2.49. The lowest BCUT2D eigenvalue weighted by molar-refractivity contribution is -0.150. The third-order valence-corrected chi connectivity index (χ3v) is 4.39. The second-order valence-corrected chi connectivity index (χ2v) is 5.55. The fourth-order valence-electron chi connectivity index (χ4n) is 3.33. The van der Waals surface area contributed by atoms with E-state index < -0.39 is 5.54 Å². The molecule has 0 radical (unpaired) electrons. The van der Waals surface area contributed by atoms with Crippen LogP contribution in [0.25, 0.3) is 0 Å². The van der Waals surface area contributed by atoms with Gasteiger partial charge in [-0.15, -0.1) is 0 Å². The van der Waals surface area contributed by atoms with Crippen molar-refractivity contribution < 1.29 is 14.3 Å². The van der Waals surface area contributed by atoms with Crippen molar-refractivity contribution in [2.45, 2.75) is 45.1 Å². The number of methoxy groups -OCH3 is 1. The number of hydrogen-bond donors (Lipinski definition) is 1. The SMILES string of the molecule is CCOC(=O)C1(Nc2cccc(OC)c2)CCCC1CC. The average molecular weight is 291 g/mol. The van der Waals surface area contributed by atoms with Gasteiger partial charge in [0.2, 0.25) is 0 Å². The van der Waals surface area contributed by atoms with Crippen molar-refractivity contribution in [3.63, 3.8) is 0 Å². The van der Waals surface area contributed by atoms with Crippen molar-refractivity contribution in [1.82, 2.24) is 0 Å². The molecule has 0 heterocycles. The Morgan fingerprint density at radius 1 is 1.43 bits per heavy atom. The van der Waals surface area contributed by atoms with Crippen molar-refractivity contribution >= 4 is 11.7 Å². The Kier molecular flexibility index (Phi) is 5.10. The van der Waals surface area contributed by atoms with Gasteiger partial charge in [0.05, 0.1) is 13.7 Å². The molecule has 2 unspecified atom stereocenters. The highest BCUT2D eigenvalue weighted by atomic mass is 16.5. The summed E-state index contributed by atoms with van der Waals surface area (Å²) < 4.78 is 10.6. The van der Waals surface area contributed by atoms with Gasteiger partial charge >= 0.3 is 5.97 Å². The highest BCUT2D eigenvalue weighted by molar-refractivity contribution is 5.85. The fraction of sp³-hybridized carbons (Fsp3) is 0.588. The largest absolute Gasteiger partial charge is 0.497 e. The predicted octanol–water partition coefficient (Wildman–Crippen LogP) is 3.62. The summed E-state index contributed by atoms with van der Waals surface area (Å²) in [6.07, 6.45) is 3.90. The van der Waals surface area contributed by atoms with Crippen LogP contribution in [-0.4, -0.2) is 25.2 Å². The molecule has 1 aromatic rings. The van der Waals surface area contributed by atoms with E-state index >= 15 is 0 Å². The number of carbonyl (C=O) groups is 1. The summed E-state index contributed by atoms with van der Waals surface area (Å²) in [5, 5.41) is 3.46. The lowest BCUT2D eigenvalue weighted by atomic mass is 9.84. The van der Waals surface area contributed by atoms with Crippen molar-refractivity contribution in [2.75, 3.05) is 19.0 Å². The maximum absolute atomic E-state index is 12.6. The lowest BCUT2D eigenvalue weighted by Gasteiger charge is -2.34. The van der Waals surface area contributed by atoms with E-state index in [4.69, 9.17) is 9.47 Å². The zero-order valence-corrected chi connectivity index (χ0v) is 13.1. The normalized spacial score (nSPS) is 24.6. The first kappa shape index (κ1) is 15.7. The summed E-state index contributed by atoms with van der Waals surface area (Å²) >= 11 is 0. The van der Waals surface area contributed by atoms with E-state index in [9.17, 15) is 4.79 Å². The zero-order chi connectivity index (χ0) is 15.3. The summed E-state index contributed by atoms with van der Waals surface area (Å²) in [5.41, 5.74) is 0.305. The van der Waals surface area contributed by atoms with Crippen molar-refractivity contribution in [2.24, 2.45) is 5.92 Å². The van der Waals surface area contributed by atoms with Gasteiger partial charge in [-0.05, 0) is 37.8 Å². The van der Waals surface area contributed by atoms with Gasteiger partial charge in [-0.1, -0.05) is 25.8 Å². The van der Waals surface area contributed by atoms with Crippen LogP contribution in [0.3, 0.4) is 0 Å². The molecule has 0 spiro atoms. The molecule has 2 atom stereocenters. The Bertz CT molecular complexity index is 489. The summed E-state index contributed by atoms with van der Waals surface area (Å²) in [6, 6.07) is 7.71. The fourth-order valence-corrected chi connectivity index (χ4v) is 3.33. The molecule has 1 aromatic carbocycles. The Labute approximate surface area is 126 Å². The van der Waals surface area contributed by atoms with Crippen LogP contribution in [0, 0.1) is 5.92 Å². The number of esters is 1. The number of ether oxygens (including phenoxy) is 2. The quantitative estimate of drug-likeness (QED) is 0.813. The molecular weight excluding hydrogens is 266 g/mol. The molecule has 2 rings (SSSR count). The highest BCUT2D eigenvalue weighted by Crippen LogP contribution is 2.41. The third-order valence-electron chi connectivity index (χ3n) is 4.39. The summed E-state index contributed by atoms with van der Waals surface area (Å²) in [6.45, 7) is 4.40. The minimum absolute atomic E-state index is 0.128. The zero-order valence-electron chi connectivity index (χ0n) is 13.1. The average Bonchev–Trinajstić information content (AvgIpc) is 2.91. The van der Waals surface area contributed by atoms with Gasteiger partial charge < -0.3 is 14.8 Å². The number of benzene rings is 1. The van der Waals surface area contributed by atoms with Crippen LogP contribution in [0.1, 0.15) is 39.5 Å². The summed E-state index contributed by atoms with van der Waals surface area (Å²) in [7, 11) is 1.64. The molecule has 0 amide bonds. The summed E-state index contributed by atoms with van der Waals surface area (Å²) in [4.78, 5) is 12.6. The third kappa shape index (κ3) is 3.14. The number of nitrogens with one attached hydrogen (secondary N) is 1. The first-order valence-electron chi connectivity index (χ1n) is 7.75. The lowest BCUT2D eigenvalue weighted by Crippen LogP contribution is -2.50. The van der Waals surface area contributed by atoms with Gasteiger partial charge in [0.25, 0.3) is 0 Å². The van der Waals surface area contributed by atoms with Crippen LogP contribution >= 0.6 is 0 Å². The second-order valence-electron chi connectivity index (χ2n) is 5.55. The molecule has 0 bridgehead atoms. The molecule has 1 saturated carbocycles. The van der Waals surface area contributed by atoms with Gasteiger partial charge in [-0.25, -0.2) is 4.79 Å². The van der Waals surface area contributed by atoms with Gasteiger partial charge in [0, 0.05) is 11.8 Å².